The highest BCUT2D eigenvalue weighted by atomic mass is 16.2. The first-order chi connectivity index (χ1) is 12.6. The van der Waals surface area contributed by atoms with E-state index in [9.17, 15) is 9.59 Å². The summed E-state index contributed by atoms with van der Waals surface area (Å²) in [5, 5.41) is 4.59. The van der Waals surface area contributed by atoms with Gasteiger partial charge in [0.25, 0.3) is 0 Å². The van der Waals surface area contributed by atoms with Gasteiger partial charge in [0.15, 0.2) is 0 Å². The van der Waals surface area contributed by atoms with Crippen LogP contribution in [0.5, 0.6) is 0 Å². The lowest BCUT2D eigenvalue weighted by molar-refractivity contribution is -0.772. The minimum atomic E-state index is -0.736. The van der Waals surface area contributed by atoms with Crippen LogP contribution < -0.4 is 32.3 Å². The average Bonchev–Trinajstić information content (AvgIpc) is 2.44. The summed E-state index contributed by atoms with van der Waals surface area (Å²) in [6.45, 7) is 17.1. The van der Waals surface area contributed by atoms with Crippen LogP contribution in [0, 0.1) is 0 Å². The molecule has 0 saturated carbocycles. The van der Waals surface area contributed by atoms with E-state index in [0.29, 0.717) is 0 Å². The Morgan fingerprint density at radius 3 is 1.32 bits per heavy atom. The number of carbonyl (C=O) groups excluding carboxylic acids is 2. The van der Waals surface area contributed by atoms with Gasteiger partial charge in [0.1, 0.15) is 11.1 Å². The lowest BCUT2D eigenvalue weighted by Crippen LogP contribution is -3.04. The number of carbonyl (C=O) groups is 2. The smallest absolute Gasteiger partial charge is 0.329 e. The number of hydrogen-bond donors (Lipinski definition) is 6. The van der Waals surface area contributed by atoms with Gasteiger partial charge < -0.3 is 21.5 Å². The Hall–Kier alpha value is -2.06. The zero-order valence-corrected chi connectivity index (χ0v) is 18.5. The second-order valence-electron chi connectivity index (χ2n) is 10.8. The van der Waals surface area contributed by atoms with Crippen molar-refractivity contribution in [1.29, 1.82) is 0 Å². The highest BCUT2D eigenvalue weighted by Crippen LogP contribution is 2.19. The third-order valence-electron chi connectivity index (χ3n) is 4.79. The fourth-order valence-electron chi connectivity index (χ4n) is 4.73. The molecule has 8 N–H and O–H groups in total. The molecule has 0 atom stereocenters. The van der Waals surface area contributed by atoms with Crippen LogP contribution >= 0.6 is 0 Å². The van der Waals surface area contributed by atoms with Gasteiger partial charge >= 0.3 is 11.8 Å². The molecule has 158 valence electrons. The van der Waals surface area contributed by atoms with Crippen molar-refractivity contribution in [3.8, 4) is 0 Å². The molecule has 28 heavy (non-hydrogen) atoms. The largest absolute Gasteiger partial charge is 0.334 e. The summed E-state index contributed by atoms with van der Waals surface area (Å²) in [5.41, 5.74) is 12.5. The minimum absolute atomic E-state index is 0.0131. The highest BCUT2D eigenvalue weighted by molar-refractivity contribution is 6.34. The Labute approximate surface area is 168 Å². The minimum Gasteiger partial charge on any atom is -0.334 e. The third-order valence-corrected chi connectivity index (χ3v) is 4.79. The maximum atomic E-state index is 12.1. The third kappa shape index (κ3) is 6.53. The molecule has 0 bridgehead atoms. The van der Waals surface area contributed by atoms with Gasteiger partial charge in [-0.1, -0.05) is 0 Å². The molecule has 2 amide bonds. The van der Waals surface area contributed by atoms with E-state index >= 15 is 0 Å². The lowest BCUT2D eigenvalue weighted by Gasteiger charge is -2.37. The second kappa shape index (κ2) is 7.40. The van der Waals surface area contributed by atoms with E-state index < -0.39 is 11.8 Å². The molecule has 0 aliphatic carbocycles. The van der Waals surface area contributed by atoms with E-state index in [1.165, 1.54) is 0 Å². The van der Waals surface area contributed by atoms with E-state index in [1.807, 2.05) is 0 Å². The Morgan fingerprint density at radius 1 is 0.714 bits per heavy atom. The molecule has 0 spiro atoms. The van der Waals surface area contributed by atoms with E-state index in [4.69, 9.17) is 0 Å². The van der Waals surface area contributed by atoms with Crippen molar-refractivity contribution in [1.82, 2.24) is 21.7 Å². The topological polar surface area (TPSA) is 115 Å². The van der Waals surface area contributed by atoms with E-state index in [0.717, 1.165) is 24.2 Å². The molecular formula is C20H38N6O2+2. The van der Waals surface area contributed by atoms with Crippen molar-refractivity contribution in [2.75, 3.05) is 0 Å². The van der Waals surface area contributed by atoms with Crippen LogP contribution in [0.1, 0.15) is 68.2 Å². The van der Waals surface area contributed by atoms with Crippen LogP contribution in [0.25, 0.3) is 0 Å². The molecular weight excluding hydrogens is 356 g/mol. The zero-order valence-electron chi connectivity index (χ0n) is 18.5. The maximum Gasteiger partial charge on any atom is 0.329 e. The molecule has 0 saturated heterocycles. The molecule has 0 fully saturated rings. The molecule has 8 heteroatoms. The van der Waals surface area contributed by atoms with E-state index in [-0.39, 0.29) is 22.2 Å². The first kappa shape index (κ1) is 22.2. The van der Waals surface area contributed by atoms with Gasteiger partial charge in [-0.25, -0.2) is 0 Å². The molecule has 8 nitrogen and oxygen atoms in total. The Morgan fingerprint density at radius 2 is 1.04 bits per heavy atom. The van der Waals surface area contributed by atoms with E-state index in [1.54, 1.807) is 0 Å². The first-order valence-corrected chi connectivity index (χ1v) is 9.88. The van der Waals surface area contributed by atoms with Gasteiger partial charge in [0.05, 0.1) is 11.1 Å². The van der Waals surface area contributed by atoms with Crippen molar-refractivity contribution in [3.05, 3.63) is 23.5 Å². The number of nitrogens with one attached hydrogen (secondary N) is 4. The monoisotopic (exact) mass is 394 g/mol. The number of amides is 2. The summed E-state index contributed by atoms with van der Waals surface area (Å²) in [6, 6.07) is 0. The second-order valence-corrected chi connectivity index (χ2v) is 10.8. The highest BCUT2D eigenvalue weighted by Gasteiger charge is 2.37. The summed E-state index contributed by atoms with van der Waals surface area (Å²) < 4.78 is 0. The molecule has 2 aliphatic heterocycles. The summed E-state index contributed by atoms with van der Waals surface area (Å²) in [4.78, 5) is 24.3. The number of hydrazine groups is 2. The van der Waals surface area contributed by atoms with Crippen LogP contribution in [0.4, 0.5) is 0 Å². The predicted octanol–water partition coefficient (Wildman–Crippen LogP) is -0.956. The average molecular weight is 395 g/mol. The maximum absolute atomic E-state index is 12.1. The van der Waals surface area contributed by atoms with E-state index in [2.05, 4.69) is 99.9 Å². The predicted molar refractivity (Wildman–Crippen MR) is 108 cm³/mol. The number of quaternary nitrogens is 2. The van der Waals surface area contributed by atoms with Crippen molar-refractivity contribution in [3.63, 3.8) is 0 Å². The molecule has 2 heterocycles. The van der Waals surface area contributed by atoms with Crippen LogP contribution in [0.2, 0.25) is 0 Å². The fourth-order valence-corrected chi connectivity index (χ4v) is 4.73. The number of rotatable bonds is 4. The fraction of sp³-hybridized carbons (Fsp3) is 0.700. The van der Waals surface area contributed by atoms with Crippen LogP contribution in [0.3, 0.4) is 0 Å². The Bertz CT molecular complexity index is 643. The SMILES string of the molecule is CC1(C)C=C(NNC(=O)C(=O)NNC2=CC(C)(C)[NH2+]C(C)(C)C2)CC(C)(C)[NH2+]1. The summed E-state index contributed by atoms with van der Waals surface area (Å²) >= 11 is 0. The molecule has 2 aliphatic rings. The van der Waals surface area contributed by atoms with Crippen LogP contribution in [-0.2, 0) is 9.59 Å². The van der Waals surface area contributed by atoms with Gasteiger partial charge in [-0.3, -0.25) is 20.4 Å². The van der Waals surface area contributed by atoms with Gasteiger partial charge in [-0.2, -0.15) is 0 Å². The van der Waals surface area contributed by atoms with Gasteiger partial charge in [-0.05, 0) is 67.5 Å². The van der Waals surface area contributed by atoms with Crippen molar-refractivity contribution < 1.29 is 20.2 Å². The summed E-state index contributed by atoms with van der Waals surface area (Å²) in [6.07, 6.45) is 5.68. The van der Waals surface area contributed by atoms with Crippen LogP contribution in [0.15, 0.2) is 23.5 Å². The van der Waals surface area contributed by atoms with Gasteiger partial charge in [-0.15, -0.1) is 0 Å². The number of nitrogens with two attached hydrogens (primary N) is 2. The summed E-state index contributed by atoms with van der Waals surface area (Å²) in [7, 11) is 0. The normalized spacial score (nSPS) is 24.3. The molecule has 0 aromatic heterocycles. The first-order valence-electron chi connectivity index (χ1n) is 9.88. The zero-order chi connectivity index (χ0) is 21.4. The lowest BCUT2D eigenvalue weighted by atomic mass is 9.86. The van der Waals surface area contributed by atoms with Crippen molar-refractivity contribution >= 4 is 11.8 Å². The van der Waals surface area contributed by atoms with Gasteiger partial charge in [0.2, 0.25) is 0 Å². The quantitative estimate of drug-likeness (QED) is 0.272. The summed E-state index contributed by atoms with van der Waals surface area (Å²) in [5.74, 6) is -1.47. The van der Waals surface area contributed by atoms with Gasteiger partial charge in [0, 0.05) is 24.2 Å². The molecule has 0 aromatic rings. The molecule has 2 rings (SSSR count). The number of hydrogen-bond acceptors (Lipinski definition) is 4. The molecule has 0 aromatic carbocycles. The molecule has 0 radical (unpaired) electrons. The van der Waals surface area contributed by atoms with Crippen LogP contribution in [-0.4, -0.2) is 34.0 Å². The molecule has 0 unspecified atom stereocenters. The standard InChI is InChI=1S/C20H36N6O2/c1-17(2)9-13(10-18(3,4)25-17)21-23-15(27)16(28)24-22-14-11-19(5,6)26-20(7,8)12-14/h9,11,21-22,25-26H,10,12H2,1-8H3,(H,23,27)(H,24,28)/p+2. The Kier molecular flexibility index (Phi) is 5.88. The van der Waals surface area contributed by atoms with Crippen molar-refractivity contribution in [2.24, 2.45) is 0 Å². The Balaban J connectivity index is 1.88. The van der Waals surface area contributed by atoms with Crippen molar-refractivity contribution in [2.45, 2.75) is 90.4 Å².